The largest absolute Gasteiger partial charge is 0.466 e. The highest BCUT2D eigenvalue weighted by Crippen LogP contribution is 2.17. The lowest BCUT2D eigenvalue weighted by Gasteiger charge is -2.22. The summed E-state index contributed by atoms with van der Waals surface area (Å²) in [6.07, 6.45) is 63.5. The molecular weight excluding hydrogens is 791 g/mol. The molecule has 3 N–H and O–H groups in total. The third-order valence-electron chi connectivity index (χ3n) is 13.6. The van der Waals surface area contributed by atoms with Crippen LogP contribution in [0.4, 0.5) is 0 Å². The van der Waals surface area contributed by atoms with Crippen LogP contribution in [0.1, 0.15) is 322 Å². The molecule has 0 spiro atoms. The van der Waals surface area contributed by atoms with Crippen LogP contribution in [-0.2, 0) is 14.3 Å². The van der Waals surface area contributed by atoms with Crippen LogP contribution in [0.5, 0.6) is 0 Å². The number of aliphatic hydroxyl groups is 2. The van der Waals surface area contributed by atoms with Crippen LogP contribution >= 0.6 is 0 Å². The van der Waals surface area contributed by atoms with E-state index in [1.165, 1.54) is 244 Å². The highest BCUT2D eigenvalue weighted by atomic mass is 16.5. The normalized spacial score (nSPS) is 12.6. The van der Waals surface area contributed by atoms with E-state index in [-0.39, 0.29) is 18.5 Å². The Morgan fingerprint density at radius 3 is 1.11 bits per heavy atom. The monoisotopic (exact) mass is 904 g/mol. The van der Waals surface area contributed by atoms with E-state index in [4.69, 9.17) is 4.74 Å². The molecular formula is C58H113NO5. The van der Waals surface area contributed by atoms with Crippen molar-refractivity contribution in [2.24, 2.45) is 0 Å². The summed E-state index contributed by atoms with van der Waals surface area (Å²) in [6.45, 7) is 4.94. The van der Waals surface area contributed by atoms with Gasteiger partial charge in [-0.2, -0.15) is 0 Å². The Morgan fingerprint density at radius 2 is 0.734 bits per heavy atom. The molecule has 2 unspecified atom stereocenters. The van der Waals surface area contributed by atoms with Gasteiger partial charge in [-0.1, -0.05) is 270 Å². The molecule has 0 rings (SSSR count). The number of rotatable bonds is 54. The topological polar surface area (TPSA) is 95.9 Å². The quantitative estimate of drug-likeness (QED) is 0.0321. The lowest BCUT2D eigenvalue weighted by molar-refractivity contribution is -0.143. The van der Waals surface area contributed by atoms with Crippen molar-refractivity contribution in [3.05, 3.63) is 12.2 Å². The summed E-state index contributed by atoms with van der Waals surface area (Å²) < 4.78 is 5.48. The van der Waals surface area contributed by atoms with Crippen LogP contribution in [0.2, 0.25) is 0 Å². The smallest absolute Gasteiger partial charge is 0.305 e. The molecule has 0 aromatic heterocycles. The van der Waals surface area contributed by atoms with Gasteiger partial charge in [-0.15, -0.1) is 0 Å². The zero-order valence-corrected chi connectivity index (χ0v) is 43.3. The van der Waals surface area contributed by atoms with E-state index in [0.29, 0.717) is 25.9 Å². The van der Waals surface area contributed by atoms with Gasteiger partial charge in [0.25, 0.3) is 0 Å². The molecule has 0 aliphatic rings. The average molecular weight is 905 g/mol. The predicted molar refractivity (Wildman–Crippen MR) is 278 cm³/mol. The van der Waals surface area contributed by atoms with Gasteiger partial charge in [-0.3, -0.25) is 9.59 Å². The zero-order valence-electron chi connectivity index (χ0n) is 43.3. The molecule has 0 aliphatic carbocycles. The number of allylic oxidation sites excluding steroid dienone is 2. The highest BCUT2D eigenvalue weighted by Gasteiger charge is 2.20. The first-order chi connectivity index (χ1) is 31.5. The predicted octanol–water partition coefficient (Wildman–Crippen LogP) is 17.7. The molecule has 64 heavy (non-hydrogen) atoms. The molecule has 6 heteroatoms. The standard InChI is InChI=1S/C58H113NO5/c1-3-5-7-9-11-13-15-16-17-26-29-32-36-40-44-48-52-58(63)64-53-49-45-41-37-33-30-27-24-22-20-18-19-21-23-25-28-31-35-39-43-47-51-57(62)59-55(54-60)56(61)50-46-42-38-34-14-12-10-8-6-4-2/h17,26,55-56,60-61H,3-16,18-25,27-54H2,1-2H3,(H,59,62)/b26-17-. The van der Waals surface area contributed by atoms with Gasteiger partial charge in [0, 0.05) is 12.8 Å². The van der Waals surface area contributed by atoms with Crippen molar-refractivity contribution < 1.29 is 24.5 Å². The number of aliphatic hydroxyl groups excluding tert-OH is 2. The minimum Gasteiger partial charge on any atom is -0.466 e. The summed E-state index contributed by atoms with van der Waals surface area (Å²) in [6, 6.07) is -0.540. The summed E-state index contributed by atoms with van der Waals surface area (Å²) in [5, 5.41) is 23.1. The fourth-order valence-corrected chi connectivity index (χ4v) is 9.11. The number of hydrogen-bond acceptors (Lipinski definition) is 5. The number of unbranched alkanes of at least 4 members (excludes halogenated alkanes) is 41. The molecule has 2 atom stereocenters. The van der Waals surface area contributed by atoms with Crippen molar-refractivity contribution in [1.82, 2.24) is 5.32 Å². The van der Waals surface area contributed by atoms with E-state index in [9.17, 15) is 19.8 Å². The Bertz CT molecular complexity index is 955. The molecule has 6 nitrogen and oxygen atoms in total. The molecule has 0 heterocycles. The van der Waals surface area contributed by atoms with E-state index in [2.05, 4.69) is 31.3 Å². The number of hydrogen-bond donors (Lipinski definition) is 3. The first-order valence-electron chi connectivity index (χ1n) is 28.9. The van der Waals surface area contributed by atoms with Gasteiger partial charge in [0.15, 0.2) is 0 Å². The Balaban J connectivity index is 3.35. The maximum absolute atomic E-state index is 12.4. The molecule has 0 saturated heterocycles. The average Bonchev–Trinajstić information content (AvgIpc) is 3.29. The highest BCUT2D eigenvalue weighted by molar-refractivity contribution is 5.76. The number of carbonyl (C=O) groups excluding carboxylic acids is 2. The van der Waals surface area contributed by atoms with E-state index >= 15 is 0 Å². The van der Waals surface area contributed by atoms with Gasteiger partial charge in [-0.25, -0.2) is 0 Å². The minimum atomic E-state index is -0.662. The maximum Gasteiger partial charge on any atom is 0.305 e. The first kappa shape index (κ1) is 62.6. The Hall–Kier alpha value is -1.40. The van der Waals surface area contributed by atoms with Crippen molar-refractivity contribution in [2.75, 3.05) is 13.2 Å². The SMILES string of the molecule is CCCCCCCCC/C=C\CCCCCCCC(=O)OCCCCCCCCCCCCCCCCCCCCCCCC(=O)NC(CO)C(O)CCCCCCCCCCCC. The van der Waals surface area contributed by atoms with Gasteiger partial charge in [-0.05, 0) is 51.4 Å². The molecule has 0 radical (unpaired) electrons. The van der Waals surface area contributed by atoms with Crippen LogP contribution in [0.3, 0.4) is 0 Å². The molecule has 0 aromatic carbocycles. The van der Waals surface area contributed by atoms with E-state index in [1.807, 2.05) is 0 Å². The second-order valence-corrected chi connectivity index (χ2v) is 20.0. The Morgan fingerprint density at radius 1 is 0.422 bits per heavy atom. The number of ether oxygens (including phenoxy) is 1. The van der Waals surface area contributed by atoms with Gasteiger partial charge < -0.3 is 20.3 Å². The van der Waals surface area contributed by atoms with Crippen LogP contribution in [0.15, 0.2) is 12.2 Å². The number of nitrogens with one attached hydrogen (secondary N) is 1. The molecule has 0 aromatic rings. The number of esters is 1. The van der Waals surface area contributed by atoms with Crippen LogP contribution < -0.4 is 5.32 Å². The van der Waals surface area contributed by atoms with Crippen molar-refractivity contribution in [2.45, 2.75) is 334 Å². The molecule has 0 saturated carbocycles. The van der Waals surface area contributed by atoms with Gasteiger partial charge in [0.1, 0.15) is 0 Å². The fourth-order valence-electron chi connectivity index (χ4n) is 9.11. The maximum atomic E-state index is 12.4. The van der Waals surface area contributed by atoms with Gasteiger partial charge in [0.05, 0.1) is 25.4 Å². The van der Waals surface area contributed by atoms with Crippen molar-refractivity contribution in [3.8, 4) is 0 Å². The minimum absolute atomic E-state index is 0.00494. The van der Waals surface area contributed by atoms with Crippen LogP contribution in [0.25, 0.3) is 0 Å². The molecule has 0 aliphatic heterocycles. The second-order valence-electron chi connectivity index (χ2n) is 20.0. The zero-order chi connectivity index (χ0) is 46.5. The lowest BCUT2D eigenvalue weighted by atomic mass is 10.0. The summed E-state index contributed by atoms with van der Waals surface area (Å²) in [7, 11) is 0. The third kappa shape index (κ3) is 50.0. The lowest BCUT2D eigenvalue weighted by Crippen LogP contribution is -2.45. The van der Waals surface area contributed by atoms with E-state index in [1.54, 1.807) is 0 Å². The number of carbonyl (C=O) groups is 2. The second kappa shape index (κ2) is 54.2. The summed E-state index contributed by atoms with van der Waals surface area (Å²) in [5.74, 6) is -0.0317. The summed E-state index contributed by atoms with van der Waals surface area (Å²) in [4.78, 5) is 24.5. The Labute approximate surface area is 399 Å². The number of amides is 1. The Kier molecular flexibility index (Phi) is 53.0. The van der Waals surface area contributed by atoms with Crippen molar-refractivity contribution in [1.29, 1.82) is 0 Å². The third-order valence-corrected chi connectivity index (χ3v) is 13.6. The van der Waals surface area contributed by atoms with Gasteiger partial charge >= 0.3 is 5.97 Å². The first-order valence-corrected chi connectivity index (χ1v) is 28.9. The van der Waals surface area contributed by atoms with Crippen molar-refractivity contribution in [3.63, 3.8) is 0 Å². The van der Waals surface area contributed by atoms with Crippen LogP contribution in [0, 0.1) is 0 Å². The van der Waals surface area contributed by atoms with Gasteiger partial charge in [0.2, 0.25) is 5.91 Å². The van der Waals surface area contributed by atoms with Crippen LogP contribution in [-0.4, -0.2) is 47.4 Å². The van der Waals surface area contributed by atoms with Crippen molar-refractivity contribution >= 4 is 11.9 Å². The summed E-state index contributed by atoms with van der Waals surface area (Å²) >= 11 is 0. The molecule has 0 fully saturated rings. The molecule has 0 bridgehead atoms. The van der Waals surface area contributed by atoms with E-state index in [0.717, 1.165) is 44.9 Å². The summed E-state index contributed by atoms with van der Waals surface area (Å²) in [5.41, 5.74) is 0. The molecule has 380 valence electrons. The fraction of sp³-hybridized carbons (Fsp3) is 0.931. The molecule has 1 amide bonds. The van der Waals surface area contributed by atoms with E-state index < -0.39 is 12.1 Å².